The van der Waals surface area contributed by atoms with Crippen molar-refractivity contribution >= 4 is 10.0 Å². The van der Waals surface area contributed by atoms with Crippen molar-refractivity contribution < 1.29 is 8.42 Å². The van der Waals surface area contributed by atoms with Crippen molar-refractivity contribution in [3.63, 3.8) is 0 Å². The molecule has 0 radical (unpaired) electrons. The zero-order valence-electron chi connectivity index (χ0n) is 10.2. The number of hydrogen-bond donors (Lipinski definition) is 3. The molecule has 0 atom stereocenters. The number of aromatic amines is 1. The highest BCUT2D eigenvalue weighted by Crippen LogP contribution is 2.10. The number of H-pyrrole nitrogens is 1. The molecule has 0 bridgehead atoms. The van der Waals surface area contributed by atoms with Gasteiger partial charge in [0.2, 0.25) is 10.0 Å². The second kappa shape index (κ2) is 6.78. The third-order valence-electron chi connectivity index (χ3n) is 2.57. The van der Waals surface area contributed by atoms with Crippen molar-refractivity contribution in [3.05, 3.63) is 18.0 Å². The Morgan fingerprint density at radius 3 is 2.71 bits per heavy atom. The maximum absolute atomic E-state index is 11.8. The first-order valence-corrected chi connectivity index (χ1v) is 7.45. The van der Waals surface area contributed by atoms with Gasteiger partial charge in [-0.25, -0.2) is 13.1 Å². The third kappa shape index (κ3) is 4.49. The molecular formula is C11H21N3O2S. The van der Waals surface area contributed by atoms with Crippen LogP contribution in [0.15, 0.2) is 17.2 Å². The molecular weight excluding hydrogens is 238 g/mol. The Hall–Kier alpha value is -0.850. The highest BCUT2D eigenvalue weighted by molar-refractivity contribution is 7.89. The normalized spacial score (nSPS) is 11.9. The van der Waals surface area contributed by atoms with Crippen LogP contribution in [0.2, 0.25) is 0 Å². The largest absolute Gasteiger partial charge is 0.363 e. The van der Waals surface area contributed by atoms with Crippen molar-refractivity contribution in [1.29, 1.82) is 0 Å². The van der Waals surface area contributed by atoms with E-state index in [0.717, 1.165) is 31.4 Å². The van der Waals surface area contributed by atoms with Crippen molar-refractivity contribution in [1.82, 2.24) is 9.71 Å². The van der Waals surface area contributed by atoms with Gasteiger partial charge in [0.1, 0.15) is 0 Å². The Labute approximate surface area is 103 Å². The Bertz CT molecular complexity index is 426. The molecule has 1 rings (SSSR count). The predicted molar refractivity (Wildman–Crippen MR) is 68.0 cm³/mol. The molecule has 0 fully saturated rings. The molecule has 5 nitrogen and oxygen atoms in total. The van der Waals surface area contributed by atoms with Crippen LogP contribution in [0.4, 0.5) is 0 Å². The van der Waals surface area contributed by atoms with Crippen LogP contribution in [-0.2, 0) is 16.6 Å². The first-order valence-electron chi connectivity index (χ1n) is 5.97. The lowest BCUT2D eigenvalue weighted by Gasteiger charge is -2.04. The van der Waals surface area contributed by atoms with E-state index in [-0.39, 0.29) is 4.90 Å². The summed E-state index contributed by atoms with van der Waals surface area (Å²) in [5, 5.41) is 0. The third-order valence-corrected chi connectivity index (χ3v) is 4.01. The van der Waals surface area contributed by atoms with Gasteiger partial charge in [0.15, 0.2) is 0 Å². The summed E-state index contributed by atoms with van der Waals surface area (Å²) in [5.74, 6) is 0. The fourth-order valence-corrected chi connectivity index (χ4v) is 2.62. The van der Waals surface area contributed by atoms with Crippen LogP contribution < -0.4 is 10.5 Å². The van der Waals surface area contributed by atoms with Gasteiger partial charge in [-0.3, -0.25) is 0 Å². The zero-order valence-corrected chi connectivity index (χ0v) is 11.0. The van der Waals surface area contributed by atoms with E-state index in [2.05, 4.69) is 16.6 Å². The summed E-state index contributed by atoms with van der Waals surface area (Å²) >= 11 is 0. The lowest BCUT2D eigenvalue weighted by Crippen LogP contribution is -2.24. The molecule has 0 aliphatic rings. The summed E-state index contributed by atoms with van der Waals surface area (Å²) in [6.45, 7) is 2.93. The Morgan fingerprint density at radius 2 is 2.12 bits per heavy atom. The molecule has 17 heavy (non-hydrogen) atoms. The number of aromatic nitrogens is 1. The van der Waals surface area contributed by atoms with E-state index in [1.165, 1.54) is 6.20 Å². The van der Waals surface area contributed by atoms with Crippen molar-refractivity contribution in [3.8, 4) is 0 Å². The fourth-order valence-electron chi connectivity index (χ4n) is 1.53. The summed E-state index contributed by atoms with van der Waals surface area (Å²) in [4.78, 5) is 3.09. The van der Waals surface area contributed by atoms with Gasteiger partial charge < -0.3 is 10.7 Å². The Balaban J connectivity index is 2.45. The lowest BCUT2D eigenvalue weighted by molar-refractivity contribution is 0.574. The van der Waals surface area contributed by atoms with Crippen LogP contribution in [0.3, 0.4) is 0 Å². The predicted octanol–water partition coefficient (Wildman–Crippen LogP) is 1.33. The zero-order chi connectivity index (χ0) is 12.7. The standard InChI is InChI=1S/C11H21N3O2S/c1-2-3-4-5-6-14-17(15,16)11-7-10(8-12)13-9-11/h7,9,13-14H,2-6,8,12H2,1H3. The fraction of sp³-hybridized carbons (Fsp3) is 0.636. The molecule has 0 spiro atoms. The van der Waals surface area contributed by atoms with Crippen molar-refractivity contribution in [2.45, 2.75) is 44.0 Å². The molecule has 0 saturated carbocycles. The topological polar surface area (TPSA) is 88.0 Å². The van der Waals surface area contributed by atoms with E-state index in [4.69, 9.17) is 5.73 Å². The van der Waals surface area contributed by atoms with Gasteiger partial charge in [0.05, 0.1) is 4.90 Å². The van der Waals surface area contributed by atoms with E-state index in [1.807, 2.05) is 0 Å². The second-order valence-electron chi connectivity index (χ2n) is 4.02. The average molecular weight is 259 g/mol. The smallest absolute Gasteiger partial charge is 0.242 e. The number of unbranched alkanes of at least 4 members (excludes halogenated alkanes) is 3. The van der Waals surface area contributed by atoms with Crippen LogP contribution >= 0.6 is 0 Å². The molecule has 0 aromatic carbocycles. The Morgan fingerprint density at radius 1 is 1.35 bits per heavy atom. The summed E-state index contributed by atoms with van der Waals surface area (Å²) < 4.78 is 26.2. The van der Waals surface area contributed by atoms with Crippen LogP contribution in [0.5, 0.6) is 0 Å². The summed E-state index contributed by atoms with van der Waals surface area (Å²) in [6.07, 6.45) is 5.69. The molecule has 6 heteroatoms. The average Bonchev–Trinajstić information content (AvgIpc) is 2.78. The van der Waals surface area contributed by atoms with Gasteiger partial charge in [0, 0.05) is 25.0 Å². The molecule has 0 aliphatic carbocycles. The van der Waals surface area contributed by atoms with Gasteiger partial charge in [-0.15, -0.1) is 0 Å². The molecule has 0 unspecified atom stereocenters. The SMILES string of the molecule is CCCCCCNS(=O)(=O)c1c[nH]c(CN)c1. The van der Waals surface area contributed by atoms with Crippen molar-refractivity contribution in [2.24, 2.45) is 5.73 Å². The minimum atomic E-state index is -3.37. The van der Waals surface area contributed by atoms with Crippen LogP contribution in [0.25, 0.3) is 0 Å². The highest BCUT2D eigenvalue weighted by Gasteiger charge is 2.14. The van der Waals surface area contributed by atoms with E-state index >= 15 is 0 Å². The minimum Gasteiger partial charge on any atom is -0.363 e. The number of sulfonamides is 1. The molecule has 0 aliphatic heterocycles. The molecule has 0 saturated heterocycles. The molecule has 0 amide bonds. The monoisotopic (exact) mass is 259 g/mol. The van der Waals surface area contributed by atoms with Gasteiger partial charge in [-0.2, -0.15) is 0 Å². The first-order chi connectivity index (χ1) is 8.10. The van der Waals surface area contributed by atoms with E-state index in [0.29, 0.717) is 13.1 Å². The minimum absolute atomic E-state index is 0.258. The number of nitrogens with one attached hydrogen (secondary N) is 2. The van der Waals surface area contributed by atoms with E-state index in [9.17, 15) is 8.42 Å². The molecule has 1 aromatic heterocycles. The van der Waals surface area contributed by atoms with Gasteiger partial charge in [-0.05, 0) is 12.5 Å². The highest BCUT2D eigenvalue weighted by atomic mass is 32.2. The molecule has 1 heterocycles. The Kier molecular flexibility index (Phi) is 5.67. The van der Waals surface area contributed by atoms with E-state index < -0.39 is 10.0 Å². The quantitative estimate of drug-likeness (QED) is 0.615. The van der Waals surface area contributed by atoms with E-state index in [1.54, 1.807) is 6.07 Å². The van der Waals surface area contributed by atoms with Crippen LogP contribution in [0, 0.1) is 0 Å². The summed E-state index contributed by atoms with van der Waals surface area (Å²) in [5.41, 5.74) is 6.13. The number of hydrogen-bond acceptors (Lipinski definition) is 3. The maximum atomic E-state index is 11.8. The van der Waals surface area contributed by atoms with Gasteiger partial charge in [-0.1, -0.05) is 26.2 Å². The number of rotatable bonds is 8. The van der Waals surface area contributed by atoms with Gasteiger partial charge in [0.25, 0.3) is 0 Å². The maximum Gasteiger partial charge on any atom is 0.242 e. The summed E-state index contributed by atoms with van der Waals surface area (Å²) in [7, 11) is -3.37. The first kappa shape index (κ1) is 14.2. The molecule has 4 N–H and O–H groups in total. The molecule has 1 aromatic rings. The lowest BCUT2D eigenvalue weighted by atomic mass is 10.2. The number of nitrogens with two attached hydrogens (primary N) is 1. The van der Waals surface area contributed by atoms with Crippen molar-refractivity contribution in [2.75, 3.05) is 6.54 Å². The molecule has 98 valence electrons. The second-order valence-corrected chi connectivity index (χ2v) is 5.79. The van der Waals surface area contributed by atoms with Crippen LogP contribution in [-0.4, -0.2) is 19.9 Å². The van der Waals surface area contributed by atoms with Crippen LogP contribution in [0.1, 0.15) is 38.3 Å². The summed E-state index contributed by atoms with van der Waals surface area (Å²) in [6, 6.07) is 1.56. The van der Waals surface area contributed by atoms with Gasteiger partial charge >= 0.3 is 0 Å².